The van der Waals surface area contributed by atoms with E-state index in [0.717, 1.165) is 10.5 Å². The van der Waals surface area contributed by atoms with E-state index in [9.17, 15) is 58.2 Å². The van der Waals surface area contributed by atoms with Crippen LogP contribution in [0.5, 0.6) is 0 Å². The Hall–Kier alpha value is -6.80. The molecule has 0 radical (unpaired) electrons. The van der Waals surface area contributed by atoms with Crippen molar-refractivity contribution in [1.82, 2.24) is 4.90 Å². The molecule has 2 saturated carbocycles. The van der Waals surface area contributed by atoms with E-state index in [4.69, 9.17) is 51.8 Å². The van der Waals surface area contributed by atoms with Gasteiger partial charge in [0.15, 0.2) is 17.3 Å². The minimum absolute atomic E-state index is 0.00610. The molecule has 2 unspecified atom stereocenters. The van der Waals surface area contributed by atoms with Gasteiger partial charge in [-0.15, -0.1) is 0 Å². The summed E-state index contributed by atoms with van der Waals surface area (Å²) < 4.78 is 65.8. The number of ketones is 4. The maximum atomic E-state index is 14.8. The summed E-state index contributed by atoms with van der Waals surface area (Å²) in [4.78, 5) is 141. The molecule has 0 aromatic carbocycles. The summed E-state index contributed by atoms with van der Waals surface area (Å²) in [5, 5.41) is 23.8. The van der Waals surface area contributed by atoms with E-state index in [1.807, 2.05) is 65.0 Å². The lowest BCUT2D eigenvalue weighted by atomic mass is 9.54. The van der Waals surface area contributed by atoms with Crippen molar-refractivity contribution in [3.8, 4) is 0 Å². The molecular formula is C80H111NO23. The fourth-order valence-corrected chi connectivity index (χ4v) is 17.9. The number of hydrogen-bond acceptors (Lipinski definition) is 23. The number of cyclic esters (lactones) is 2. The van der Waals surface area contributed by atoms with Crippen molar-refractivity contribution in [1.29, 1.82) is 0 Å². The van der Waals surface area contributed by atoms with Gasteiger partial charge in [0, 0.05) is 102 Å². The molecule has 8 aliphatic rings. The van der Waals surface area contributed by atoms with E-state index in [-0.39, 0.29) is 86.2 Å². The van der Waals surface area contributed by atoms with Gasteiger partial charge in [-0.25, -0.2) is 9.59 Å². The lowest BCUT2D eigenvalue weighted by Crippen LogP contribution is -2.61. The number of aliphatic hydroxyl groups is 2. The summed E-state index contributed by atoms with van der Waals surface area (Å²) in [7, 11) is 5.94. The summed E-state index contributed by atoms with van der Waals surface area (Å²) in [6.07, 6.45) is 10.0. The number of allylic oxidation sites excluding steroid dienone is 7. The number of nitrogens with zero attached hydrogens (tertiary/aromatic N) is 1. The molecule has 24 heteroatoms. The summed E-state index contributed by atoms with van der Waals surface area (Å²) in [5.41, 5.74) is 0.559. The SMILES string of the molecule is COC[C@H]1OC(=O)c2coc3c2[C@@]1(C)C1=C(C3=O)C2CC[C@H](OC(=O)CCCCC(=O)O[C@@H]3CC[C@@H](C[C@@H](C)[C@@H]4CC(=O)C(C)=CC(C)[C@@H](O)[C@@H](OC)C(=O)[C@H](C)C[C@H](C)C=CC=CC=C(C)[C@@H](OC)C[C@@H]5CC[C@@H](C)[C@@](O)(O5)C(=O)C(=O)N5CCCC[C@H]5C(=O)O4)C[C@H]3OC)[C@@]2(C)C[C@H]1OC(C)=O. The van der Waals surface area contributed by atoms with Crippen LogP contribution in [0, 0.1) is 46.8 Å². The molecule has 21 atom stereocenters. The third-order valence-corrected chi connectivity index (χ3v) is 23.9. The molecule has 2 bridgehead atoms. The highest BCUT2D eigenvalue weighted by molar-refractivity contribution is 6.39. The molecule has 574 valence electrons. The quantitative estimate of drug-likeness (QED) is 0.0672. The first kappa shape index (κ1) is 81.3. The zero-order valence-corrected chi connectivity index (χ0v) is 63.2. The number of rotatable bonds is 16. The van der Waals surface area contributed by atoms with E-state index in [1.54, 1.807) is 40.9 Å². The number of carbonyl (C=O) groups is 10. The van der Waals surface area contributed by atoms with Crippen LogP contribution in [-0.4, -0.2) is 188 Å². The molecule has 104 heavy (non-hydrogen) atoms. The highest BCUT2D eigenvalue weighted by Crippen LogP contribution is 2.63. The Morgan fingerprint density at radius 3 is 2.18 bits per heavy atom. The lowest BCUT2D eigenvalue weighted by molar-refractivity contribution is -0.265. The number of piperidine rings is 1. The molecule has 1 aromatic heterocycles. The van der Waals surface area contributed by atoms with Crippen molar-refractivity contribution >= 4 is 58.9 Å². The molecule has 1 amide bonds. The number of aliphatic hydroxyl groups excluding tert-OH is 1. The first-order valence-corrected chi connectivity index (χ1v) is 37.5. The average Bonchev–Trinajstić information content (AvgIpc) is 1.40. The van der Waals surface area contributed by atoms with Crippen LogP contribution in [0.15, 0.2) is 69.4 Å². The molecule has 2 saturated heterocycles. The van der Waals surface area contributed by atoms with Crippen molar-refractivity contribution in [2.45, 2.75) is 270 Å². The van der Waals surface area contributed by atoms with Crippen LogP contribution in [0.25, 0.3) is 0 Å². The molecule has 1 aromatic rings. The van der Waals surface area contributed by atoms with E-state index >= 15 is 0 Å². The number of furan rings is 1. The van der Waals surface area contributed by atoms with Crippen LogP contribution in [0.2, 0.25) is 0 Å². The number of amides is 1. The van der Waals surface area contributed by atoms with Crippen LogP contribution in [-0.2, 0) is 91.1 Å². The largest absolute Gasteiger partial charge is 0.462 e. The second-order valence-corrected chi connectivity index (χ2v) is 31.2. The standard InChI is InChI=1S/C80H111NO23/c1-43-22-16-15-17-23-44(2)58(95-12)38-52-29-27-49(7)80(93,104-52)74(89)75(90)81-33-21-20-24-55(81)77(92)101-59(39-56(83)45(3)35-48(6)70(87)73(97-14)69(86)47(5)34-43)46(4)36-51-28-31-57(60(37-51)96-13)100-64(84)25-18-19-26-65(85)102-62-32-30-54-66-68(61(99-50(8)82)40-78(54,62)9)79(10)63(42-94-11)103-76(91)53-41-98-72(67(53)79)71(66)88/h15-17,22-23,35,41,43,46-49,51-52,54-55,57-63,70,73,87,93H,18-21,24-34,36-40,42H2,1-14H3/t43-,46-,47-,48?,49-,51+,52+,54?,55+,57-,58+,59+,60-,61-,62+,63-,70-,73+,78+,79+,80-/m1/s1. The maximum Gasteiger partial charge on any atom is 0.342 e. The van der Waals surface area contributed by atoms with Gasteiger partial charge in [-0.1, -0.05) is 78.0 Å². The number of fused-ring (bicyclic) bond motifs is 6. The molecule has 0 spiro atoms. The van der Waals surface area contributed by atoms with Crippen molar-refractivity contribution in [3.05, 3.63) is 81.9 Å². The zero-order valence-electron chi connectivity index (χ0n) is 63.2. The Morgan fingerprint density at radius 2 is 1.50 bits per heavy atom. The number of ether oxygens (including phenoxy) is 10. The van der Waals surface area contributed by atoms with Crippen LogP contribution < -0.4 is 0 Å². The van der Waals surface area contributed by atoms with Crippen LogP contribution in [0.3, 0.4) is 0 Å². The third kappa shape index (κ3) is 17.4. The van der Waals surface area contributed by atoms with Gasteiger partial charge in [0.05, 0.1) is 36.4 Å². The molecule has 4 aliphatic heterocycles. The van der Waals surface area contributed by atoms with Gasteiger partial charge in [-0.3, -0.25) is 38.4 Å². The van der Waals surface area contributed by atoms with E-state index in [0.29, 0.717) is 100 Å². The molecular weight excluding hydrogens is 1340 g/mol. The van der Waals surface area contributed by atoms with E-state index in [2.05, 4.69) is 0 Å². The van der Waals surface area contributed by atoms with Crippen LogP contribution >= 0.6 is 0 Å². The number of methoxy groups -OCH3 is 4. The van der Waals surface area contributed by atoms with Crippen molar-refractivity contribution in [2.75, 3.05) is 41.6 Å². The lowest BCUT2D eigenvalue weighted by Gasteiger charge is -2.52. The van der Waals surface area contributed by atoms with Crippen molar-refractivity contribution in [3.63, 3.8) is 0 Å². The number of Topliss-reactive ketones (excluding diaryl/α,β-unsaturated/α-hetero) is 4. The molecule has 9 rings (SSSR count). The summed E-state index contributed by atoms with van der Waals surface area (Å²) in [5.74, 6) is -11.9. The summed E-state index contributed by atoms with van der Waals surface area (Å²) in [6.45, 7) is 17.6. The molecule has 5 heterocycles. The van der Waals surface area contributed by atoms with Crippen molar-refractivity contribution in [2.24, 2.45) is 46.8 Å². The highest BCUT2D eigenvalue weighted by atomic mass is 16.6. The van der Waals surface area contributed by atoms with Gasteiger partial charge in [0.1, 0.15) is 54.5 Å². The number of esters is 5. The smallest absolute Gasteiger partial charge is 0.342 e. The second-order valence-electron chi connectivity index (χ2n) is 31.2. The molecule has 4 aliphatic carbocycles. The van der Waals surface area contributed by atoms with Gasteiger partial charge < -0.3 is 66.9 Å². The van der Waals surface area contributed by atoms with Gasteiger partial charge >= 0.3 is 29.8 Å². The van der Waals surface area contributed by atoms with E-state index < -0.39 is 166 Å². The Balaban J connectivity index is 0.843. The maximum absolute atomic E-state index is 14.8. The highest BCUT2D eigenvalue weighted by Gasteiger charge is 2.65. The number of unbranched alkanes of at least 4 members (excludes halogenated alkanes) is 1. The third-order valence-electron chi connectivity index (χ3n) is 23.9. The minimum atomic E-state index is -2.50. The Bertz CT molecular complexity index is 3520. The Kier molecular flexibility index (Phi) is 27.2. The van der Waals surface area contributed by atoms with Crippen LogP contribution in [0.4, 0.5) is 0 Å². The molecule has 4 fully saturated rings. The van der Waals surface area contributed by atoms with Gasteiger partial charge in [-0.2, -0.15) is 0 Å². The Morgan fingerprint density at radius 1 is 0.779 bits per heavy atom. The van der Waals surface area contributed by atoms with Gasteiger partial charge in [0.2, 0.25) is 11.6 Å². The fourth-order valence-electron chi connectivity index (χ4n) is 17.9. The van der Waals surface area contributed by atoms with Gasteiger partial charge in [0.25, 0.3) is 11.7 Å². The number of hydrogen-bond donors (Lipinski definition) is 2. The second kappa shape index (κ2) is 34.8. The predicted octanol–water partition coefficient (Wildman–Crippen LogP) is 10.2. The fraction of sp³-hybridized carbons (Fsp3) is 0.700. The predicted molar refractivity (Wildman–Crippen MR) is 377 cm³/mol. The topological polar surface area (TPSA) is 320 Å². The number of carbonyl (C=O) groups excluding carboxylic acids is 10. The van der Waals surface area contributed by atoms with E-state index in [1.165, 1.54) is 34.5 Å². The summed E-state index contributed by atoms with van der Waals surface area (Å²) in [6, 6.07) is -1.24. The Labute approximate surface area is 611 Å². The van der Waals surface area contributed by atoms with Crippen molar-refractivity contribution < 1.29 is 110 Å². The molecule has 2 N–H and O–H groups in total. The first-order valence-electron chi connectivity index (χ1n) is 37.5. The van der Waals surface area contributed by atoms with Crippen LogP contribution in [0.1, 0.15) is 218 Å². The monoisotopic (exact) mass is 1450 g/mol. The average molecular weight is 1450 g/mol. The first-order chi connectivity index (χ1) is 49.3. The normalized spacial score (nSPS) is 36.0. The zero-order chi connectivity index (χ0) is 75.9. The van der Waals surface area contributed by atoms with Gasteiger partial charge in [-0.05, 0) is 157 Å². The molecule has 24 nitrogen and oxygen atoms in total. The summed E-state index contributed by atoms with van der Waals surface area (Å²) >= 11 is 0. The minimum Gasteiger partial charge on any atom is -0.462 e.